The first-order valence-electron chi connectivity index (χ1n) is 4.87. The molecule has 0 radical (unpaired) electrons. The molecule has 0 unspecified atom stereocenters. The van der Waals surface area contributed by atoms with Crippen LogP contribution in [0.5, 0.6) is 11.5 Å². The summed E-state index contributed by atoms with van der Waals surface area (Å²) >= 11 is 0. The van der Waals surface area contributed by atoms with Crippen LogP contribution < -0.4 is 5.56 Å². The minimum absolute atomic E-state index is 0. The van der Waals surface area contributed by atoms with Crippen LogP contribution in [0, 0.1) is 10.1 Å². The first kappa shape index (κ1) is 14.8. The third-order valence-electron chi connectivity index (χ3n) is 2.46. The summed E-state index contributed by atoms with van der Waals surface area (Å²) in [4.78, 5) is 21.1. The molecule has 8 nitrogen and oxygen atoms in total. The van der Waals surface area contributed by atoms with Crippen LogP contribution >= 0.6 is 17.0 Å². The Morgan fingerprint density at radius 3 is 2.42 bits per heavy atom. The Balaban J connectivity index is 0.00000180. The topological polar surface area (TPSA) is 121 Å². The van der Waals surface area contributed by atoms with Crippen molar-refractivity contribution in [1.82, 2.24) is 9.78 Å². The zero-order valence-electron chi connectivity index (χ0n) is 9.65. The summed E-state index contributed by atoms with van der Waals surface area (Å²) in [5, 5.41) is 32.1. The van der Waals surface area contributed by atoms with Crippen LogP contribution in [0.1, 0.15) is 0 Å². The van der Waals surface area contributed by atoms with Gasteiger partial charge in [-0.15, -0.1) is 17.0 Å². The average molecular weight is 332 g/mol. The SMILES string of the molecule is Br.Cn1[nH]c(-c2cc(O)c(O)c([N+](=O)[O-])c2)cc1=O. The van der Waals surface area contributed by atoms with E-state index in [9.17, 15) is 25.1 Å². The van der Waals surface area contributed by atoms with Gasteiger partial charge in [0, 0.05) is 24.7 Å². The third-order valence-corrected chi connectivity index (χ3v) is 2.46. The van der Waals surface area contributed by atoms with Gasteiger partial charge in [0.2, 0.25) is 5.75 Å². The van der Waals surface area contributed by atoms with E-state index in [1.165, 1.54) is 17.8 Å². The maximum Gasteiger partial charge on any atom is 0.315 e. The van der Waals surface area contributed by atoms with Crippen molar-refractivity contribution in [3.8, 4) is 22.8 Å². The molecule has 0 fully saturated rings. The molecule has 0 aliphatic heterocycles. The Kier molecular flexibility index (Phi) is 4.00. The van der Waals surface area contributed by atoms with Gasteiger partial charge in [-0.2, -0.15) is 0 Å². The monoisotopic (exact) mass is 331 g/mol. The predicted molar refractivity (Wildman–Crippen MR) is 71.8 cm³/mol. The van der Waals surface area contributed by atoms with E-state index in [2.05, 4.69) is 5.10 Å². The fraction of sp³-hybridized carbons (Fsp3) is 0.100. The number of aryl methyl sites for hydroxylation is 1. The van der Waals surface area contributed by atoms with Crippen LogP contribution in [-0.4, -0.2) is 24.9 Å². The average Bonchev–Trinajstić information content (AvgIpc) is 2.62. The Labute approximate surface area is 116 Å². The van der Waals surface area contributed by atoms with E-state index < -0.39 is 22.1 Å². The number of benzene rings is 1. The Hall–Kier alpha value is -2.29. The fourth-order valence-corrected chi connectivity index (χ4v) is 1.54. The van der Waals surface area contributed by atoms with Gasteiger partial charge in [-0.25, -0.2) is 0 Å². The lowest BCUT2D eigenvalue weighted by Gasteiger charge is -2.03. The number of nitrogens with one attached hydrogen (secondary N) is 1. The second-order valence-corrected chi connectivity index (χ2v) is 3.69. The van der Waals surface area contributed by atoms with E-state index >= 15 is 0 Å². The zero-order chi connectivity index (χ0) is 13.4. The molecular weight excluding hydrogens is 322 g/mol. The smallest absolute Gasteiger partial charge is 0.315 e. The number of phenolic OH excluding ortho intramolecular Hbond substituents is 2. The predicted octanol–water partition coefficient (Wildman–Crippen LogP) is 1.28. The summed E-state index contributed by atoms with van der Waals surface area (Å²) < 4.78 is 1.19. The zero-order valence-corrected chi connectivity index (χ0v) is 11.4. The van der Waals surface area contributed by atoms with Crippen molar-refractivity contribution in [2.75, 3.05) is 0 Å². The van der Waals surface area contributed by atoms with Crippen molar-refractivity contribution in [3.63, 3.8) is 0 Å². The second kappa shape index (κ2) is 5.14. The molecule has 2 rings (SSSR count). The summed E-state index contributed by atoms with van der Waals surface area (Å²) in [7, 11) is 1.49. The minimum atomic E-state index is -0.820. The molecule has 2 aromatic rings. The van der Waals surface area contributed by atoms with Crippen LogP contribution in [0.3, 0.4) is 0 Å². The van der Waals surface area contributed by atoms with Crippen LogP contribution in [0.25, 0.3) is 11.3 Å². The van der Waals surface area contributed by atoms with E-state index in [1.807, 2.05) is 0 Å². The standard InChI is InChI=1S/C10H9N3O5.BrH/c1-12-9(15)4-6(11-12)5-2-7(13(17)18)10(16)8(14)3-5;/h2-4,11,14,16H,1H3;1H. The lowest BCUT2D eigenvalue weighted by atomic mass is 10.1. The highest BCUT2D eigenvalue weighted by Gasteiger charge is 2.20. The van der Waals surface area contributed by atoms with Gasteiger partial charge in [-0.3, -0.25) is 24.7 Å². The van der Waals surface area contributed by atoms with Gasteiger partial charge >= 0.3 is 5.69 Å². The number of nitro groups is 1. The highest BCUT2D eigenvalue weighted by molar-refractivity contribution is 8.93. The molecule has 0 saturated carbocycles. The molecule has 0 spiro atoms. The summed E-state index contributed by atoms with van der Waals surface area (Å²) in [6.07, 6.45) is 0. The maximum absolute atomic E-state index is 11.3. The number of phenols is 2. The first-order chi connectivity index (χ1) is 8.40. The molecule has 19 heavy (non-hydrogen) atoms. The fourth-order valence-electron chi connectivity index (χ4n) is 1.54. The molecule has 9 heteroatoms. The van der Waals surface area contributed by atoms with Crippen molar-refractivity contribution in [3.05, 3.63) is 38.7 Å². The number of hydrogen-bond acceptors (Lipinski definition) is 5. The highest BCUT2D eigenvalue weighted by Crippen LogP contribution is 2.38. The number of nitro benzene ring substituents is 1. The number of H-pyrrole nitrogens is 1. The molecule has 0 saturated heterocycles. The summed E-state index contributed by atoms with van der Waals surface area (Å²) in [5.41, 5.74) is -0.412. The molecule has 0 aliphatic carbocycles. The lowest BCUT2D eigenvalue weighted by molar-refractivity contribution is -0.385. The van der Waals surface area contributed by atoms with E-state index in [1.54, 1.807) is 0 Å². The van der Waals surface area contributed by atoms with Crippen LogP contribution in [0.15, 0.2) is 23.0 Å². The largest absolute Gasteiger partial charge is 0.504 e. The van der Waals surface area contributed by atoms with Crippen LogP contribution in [-0.2, 0) is 7.05 Å². The van der Waals surface area contributed by atoms with Crippen molar-refractivity contribution in [2.24, 2.45) is 7.05 Å². The number of nitrogens with zero attached hydrogens (tertiary/aromatic N) is 2. The number of aromatic nitrogens is 2. The van der Waals surface area contributed by atoms with E-state index in [0.717, 1.165) is 12.1 Å². The molecule has 3 N–H and O–H groups in total. The van der Waals surface area contributed by atoms with Gasteiger partial charge in [0.15, 0.2) is 5.75 Å². The van der Waals surface area contributed by atoms with Gasteiger partial charge < -0.3 is 10.2 Å². The molecule has 1 heterocycles. The van der Waals surface area contributed by atoms with Crippen LogP contribution in [0.2, 0.25) is 0 Å². The minimum Gasteiger partial charge on any atom is -0.504 e. The number of aromatic hydroxyl groups is 2. The molecule has 1 aromatic carbocycles. The van der Waals surface area contributed by atoms with E-state index in [0.29, 0.717) is 5.69 Å². The van der Waals surface area contributed by atoms with Crippen molar-refractivity contribution in [1.29, 1.82) is 0 Å². The van der Waals surface area contributed by atoms with Gasteiger partial charge in [0.05, 0.1) is 10.6 Å². The van der Waals surface area contributed by atoms with Crippen LogP contribution in [0.4, 0.5) is 5.69 Å². The van der Waals surface area contributed by atoms with Gasteiger partial charge in [-0.1, -0.05) is 0 Å². The summed E-state index contributed by atoms with van der Waals surface area (Å²) in [6.45, 7) is 0. The normalized spacial score (nSPS) is 9.95. The number of hydrogen-bond donors (Lipinski definition) is 3. The number of rotatable bonds is 2. The van der Waals surface area contributed by atoms with Gasteiger partial charge in [-0.05, 0) is 6.07 Å². The summed E-state index contributed by atoms with van der Waals surface area (Å²) in [5.74, 6) is -1.43. The molecule has 0 bridgehead atoms. The first-order valence-corrected chi connectivity index (χ1v) is 4.87. The van der Waals surface area contributed by atoms with Crippen molar-refractivity contribution < 1.29 is 15.1 Å². The molecule has 0 aliphatic rings. The number of aromatic amines is 1. The Morgan fingerprint density at radius 1 is 1.32 bits per heavy atom. The van der Waals surface area contributed by atoms with E-state index in [4.69, 9.17) is 0 Å². The molecule has 1 aromatic heterocycles. The lowest BCUT2D eigenvalue weighted by Crippen LogP contribution is -2.09. The molecular formula is C10H10BrN3O5. The summed E-state index contributed by atoms with van der Waals surface area (Å²) in [6, 6.07) is 3.43. The van der Waals surface area contributed by atoms with Gasteiger partial charge in [0.25, 0.3) is 5.56 Å². The number of halogens is 1. The van der Waals surface area contributed by atoms with E-state index in [-0.39, 0.29) is 28.1 Å². The Bertz CT molecular complexity index is 691. The highest BCUT2D eigenvalue weighted by atomic mass is 79.9. The molecule has 0 atom stereocenters. The van der Waals surface area contributed by atoms with Crippen molar-refractivity contribution in [2.45, 2.75) is 0 Å². The second-order valence-electron chi connectivity index (χ2n) is 3.69. The van der Waals surface area contributed by atoms with Crippen molar-refractivity contribution >= 4 is 22.7 Å². The molecule has 0 amide bonds. The quantitative estimate of drug-likeness (QED) is 0.434. The Morgan fingerprint density at radius 2 is 1.95 bits per heavy atom. The van der Waals surface area contributed by atoms with Gasteiger partial charge in [0.1, 0.15) is 0 Å². The third kappa shape index (κ3) is 2.60. The molecule has 102 valence electrons. The maximum atomic E-state index is 11.3.